The molecule has 3 rings (SSSR count). The van der Waals surface area contributed by atoms with E-state index in [1.807, 2.05) is 19.1 Å². The number of hydrogen-bond donors (Lipinski definition) is 2. The Morgan fingerprint density at radius 3 is 3.00 bits per heavy atom. The van der Waals surface area contributed by atoms with Crippen LogP contribution in [0.2, 0.25) is 0 Å². The largest absolute Gasteiger partial charge is 0.467 e. The van der Waals surface area contributed by atoms with E-state index in [0.29, 0.717) is 23.8 Å². The zero-order valence-corrected chi connectivity index (χ0v) is 15.1. The first kappa shape index (κ1) is 17.0. The van der Waals surface area contributed by atoms with Gasteiger partial charge in [0.05, 0.1) is 25.0 Å². The molecule has 0 bridgehead atoms. The molecule has 0 atom stereocenters. The lowest BCUT2D eigenvalue weighted by molar-refractivity contribution is 0.0526. The summed E-state index contributed by atoms with van der Waals surface area (Å²) in [4.78, 5) is 13.7. The van der Waals surface area contributed by atoms with Gasteiger partial charge in [-0.3, -0.25) is 0 Å². The lowest BCUT2D eigenvalue weighted by atomic mass is 9.95. The topological polar surface area (TPSA) is 63.5 Å². The molecular weight excluding hydrogens is 344 g/mol. The molecule has 2 N–H and O–H groups in total. The second-order valence-electron chi connectivity index (χ2n) is 5.52. The van der Waals surface area contributed by atoms with Gasteiger partial charge in [0, 0.05) is 4.88 Å². The molecule has 1 aliphatic rings. The Morgan fingerprint density at radius 1 is 1.42 bits per heavy atom. The molecule has 0 radical (unpaired) electrons. The van der Waals surface area contributed by atoms with E-state index in [1.54, 1.807) is 17.6 Å². The van der Waals surface area contributed by atoms with E-state index in [4.69, 9.17) is 21.4 Å². The molecule has 0 aromatic carbocycles. The summed E-state index contributed by atoms with van der Waals surface area (Å²) >= 11 is 6.96. The number of hydrogen-bond acceptors (Lipinski definition) is 5. The monoisotopic (exact) mass is 364 g/mol. The Kier molecular flexibility index (Phi) is 5.52. The fraction of sp³-hybridized carbons (Fsp3) is 0.412. The molecule has 5 nitrogen and oxygen atoms in total. The van der Waals surface area contributed by atoms with Gasteiger partial charge in [-0.1, -0.05) is 0 Å². The Labute approximate surface area is 150 Å². The van der Waals surface area contributed by atoms with Crippen molar-refractivity contribution in [2.75, 3.05) is 11.9 Å². The highest BCUT2D eigenvalue weighted by atomic mass is 32.1. The van der Waals surface area contributed by atoms with Gasteiger partial charge in [0.15, 0.2) is 5.11 Å². The summed E-state index contributed by atoms with van der Waals surface area (Å²) < 4.78 is 10.5. The summed E-state index contributed by atoms with van der Waals surface area (Å²) in [6.45, 7) is 2.68. The number of fused-ring (bicyclic) bond motifs is 1. The highest BCUT2D eigenvalue weighted by molar-refractivity contribution is 7.80. The highest BCUT2D eigenvalue weighted by Gasteiger charge is 2.26. The van der Waals surface area contributed by atoms with Crippen molar-refractivity contribution in [2.45, 2.75) is 39.2 Å². The molecule has 7 heteroatoms. The minimum Gasteiger partial charge on any atom is -0.467 e. The van der Waals surface area contributed by atoms with Gasteiger partial charge in [0.1, 0.15) is 10.8 Å². The predicted octanol–water partition coefficient (Wildman–Crippen LogP) is 3.88. The number of thiocarbonyl (C=S) groups is 1. The summed E-state index contributed by atoms with van der Waals surface area (Å²) in [5, 5.41) is 7.50. The fourth-order valence-electron chi connectivity index (χ4n) is 2.80. The van der Waals surface area contributed by atoms with E-state index in [9.17, 15) is 4.79 Å². The Balaban J connectivity index is 1.75. The molecule has 0 spiro atoms. The average Bonchev–Trinajstić information content (AvgIpc) is 3.20. The Morgan fingerprint density at radius 2 is 2.25 bits per heavy atom. The van der Waals surface area contributed by atoms with E-state index in [2.05, 4.69) is 10.6 Å². The van der Waals surface area contributed by atoms with Crippen LogP contribution in [0.4, 0.5) is 5.00 Å². The number of ether oxygens (including phenoxy) is 1. The number of furan rings is 1. The number of anilines is 1. The quantitative estimate of drug-likeness (QED) is 0.620. The molecule has 0 fully saturated rings. The Bertz CT molecular complexity index is 723. The van der Waals surface area contributed by atoms with Gasteiger partial charge in [0.2, 0.25) is 0 Å². The second-order valence-corrected chi connectivity index (χ2v) is 7.04. The van der Waals surface area contributed by atoms with E-state index >= 15 is 0 Å². The van der Waals surface area contributed by atoms with Crippen LogP contribution < -0.4 is 10.6 Å². The van der Waals surface area contributed by atoms with Gasteiger partial charge in [-0.05, 0) is 62.5 Å². The molecule has 0 amide bonds. The first-order chi connectivity index (χ1) is 11.7. The summed E-state index contributed by atoms with van der Waals surface area (Å²) in [5.74, 6) is 0.531. The number of esters is 1. The third-order valence-electron chi connectivity index (χ3n) is 3.88. The molecule has 2 aromatic heterocycles. The van der Waals surface area contributed by atoms with Gasteiger partial charge >= 0.3 is 5.97 Å². The minimum absolute atomic E-state index is 0.270. The summed E-state index contributed by atoms with van der Waals surface area (Å²) in [5.41, 5.74) is 1.78. The number of carbonyl (C=O) groups excluding carboxylic acids is 1. The SMILES string of the molecule is CCOC(=O)c1c(NC(=S)NCc2ccco2)sc2c1CCCC2. The van der Waals surface area contributed by atoms with Crippen LogP contribution in [0.3, 0.4) is 0 Å². The molecule has 0 unspecified atom stereocenters. The van der Waals surface area contributed by atoms with Crippen molar-refractivity contribution < 1.29 is 13.9 Å². The van der Waals surface area contributed by atoms with Crippen LogP contribution in [0.15, 0.2) is 22.8 Å². The number of thiophene rings is 1. The van der Waals surface area contributed by atoms with Crippen molar-refractivity contribution in [1.82, 2.24) is 5.32 Å². The lowest BCUT2D eigenvalue weighted by Gasteiger charge is -2.13. The van der Waals surface area contributed by atoms with Crippen molar-refractivity contribution in [3.63, 3.8) is 0 Å². The van der Waals surface area contributed by atoms with Crippen molar-refractivity contribution in [3.8, 4) is 0 Å². The van der Waals surface area contributed by atoms with Gasteiger partial charge in [-0.25, -0.2) is 4.79 Å². The van der Waals surface area contributed by atoms with Crippen molar-refractivity contribution >= 4 is 39.6 Å². The fourth-order valence-corrected chi connectivity index (χ4v) is 4.32. The maximum Gasteiger partial charge on any atom is 0.341 e. The Hall–Kier alpha value is -1.86. The molecule has 128 valence electrons. The maximum atomic E-state index is 12.4. The van der Waals surface area contributed by atoms with E-state index in [0.717, 1.165) is 42.0 Å². The first-order valence-corrected chi connectivity index (χ1v) is 9.30. The van der Waals surface area contributed by atoms with E-state index in [-0.39, 0.29) is 5.97 Å². The third kappa shape index (κ3) is 3.79. The van der Waals surface area contributed by atoms with Gasteiger partial charge in [-0.15, -0.1) is 11.3 Å². The summed E-state index contributed by atoms with van der Waals surface area (Å²) in [6.07, 6.45) is 5.84. The molecular formula is C17H20N2O3S2. The first-order valence-electron chi connectivity index (χ1n) is 8.08. The van der Waals surface area contributed by atoms with Gasteiger partial charge in [-0.2, -0.15) is 0 Å². The van der Waals surface area contributed by atoms with Crippen LogP contribution in [0, 0.1) is 0 Å². The van der Waals surface area contributed by atoms with Crippen molar-refractivity contribution in [2.24, 2.45) is 0 Å². The van der Waals surface area contributed by atoms with Crippen LogP contribution in [0.25, 0.3) is 0 Å². The highest BCUT2D eigenvalue weighted by Crippen LogP contribution is 2.38. The maximum absolute atomic E-state index is 12.4. The second kappa shape index (κ2) is 7.81. The molecule has 2 heterocycles. The van der Waals surface area contributed by atoms with Crippen LogP contribution >= 0.6 is 23.6 Å². The van der Waals surface area contributed by atoms with Crippen LogP contribution in [0.1, 0.15) is 46.3 Å². The lowest BCUT2D eigenvalue weighted by Crippen LogP contribution is -2.28. The van der Waals surface area contributed by atoms with E-state index in [1.165, 1.54) is 4.88 Å². The normalized spacial score (nSPS) is 13.2. The summed E-state index contributed by atoms with van der Waals surface area (Å²) in [6, 6.07) is 3.71. The van der Waals surface area contributed by atoms with Crippen LogP contribution in [0.5, 0.6) is 0 Å². The van der Waals surface area contributed by atoms with Crippen molar-refractivity contribution in [1.29, 1.82) is 0 Å². The summed E-state index contributed by atoms with van der Waals surface area (Å²) in [7, 11) is 0. The standard InChI is InChI=1S/C17H20N2O3S2/c1-2-21-16(20)14-12-7-3-4-8-13(12)24-15(14)19-17(23)18-10-11-6-5-9-22-11/h5-6,9H,2-4,7-8,10H2,1H3,(H2,18,19,23). The zero-order valence-electron chi connectivity index (χ0n) is 13.5. The van der Waals surface area contributed by atoms with Crippen LogP contribution in [-0.4, -0.2) is 17.7 Å². The minimum atomic E-state index is -0.270. The van der Waals surface area contributed by atoms with Gasteiger partial charge in [0.25, 0.3) is 0 Å². The smallest absolute Gasteiger partial charge is 0.341 e. The zero-order chi connectivity index (χ0) is 16.9. The number of rotatable bonds is 5. The molecule has 2 aromatic rings. The number of carbonyl (C=O) groups is 1. The third-order valence-corrected chi connectivity index (χ3v) is 5.33. The number of aryl methyl sites for hydroxylation is 1. The molecule has 0 aliphatic heterocycles. The number of nitrogens with one attached hydrogen (secondary N) is 2. The van der Waals surface area contributed by atoms with E-state index < -0.39 is 0 Å². The van der Waals surface area contributed by atoms with Crippen LogP contribution in [-0.2, 0) is 24.1 Å². The molecule has 0 saturated heterocycles. The predicted molar refractivity (Wildman–Crippen MR) is 98.7 cm³/mol. The van der Waals surface area contributed by atoms with Crippen molar-refractivity contribution in [3.05, 3.63) is 40.2 Å². The molecule has 0 saturated carbocycles. The molecule has 24 heavy (non-hydrogen) atoms. The van der Waals surface area contributed by atoms with Gasteiger partial charge < -0.3 is 19.8 Å². The average molecular weight is 364 g/mol. The molecule has 1 aliphatic carbocycles.